The highest BCUT2D eigenvalue weighted by atomic mass is 35.5. The highest BCUT2D eigenvalue weighted by Crippen LogP contribution is 2.23. The Hall–Kier alpha value is -3.48. The number of nitrogens with zero attached hydrogens (tertiary/aromatic N) is 3. The van der Waals surface area contributed by atoms with Gasteiger partial charge in [-0.1, -0.05) is 11.6 Å². The lowest BCUT2D eigenvalue weighted by Gasteiger charge is -2.31. The SMILES string of the molecule is O=C(Nc1nccnc1C(=O)NC1CCN(S(=O)(=O)c2ccc(Cl)cc2)CC1)c1ccc(F)c(F)c1. The third-order valence-electron chi connectivity index (χ3n) is 5.57. The van der Waals surface area contributed by atoms with E-state index in [1.54, 1.807) is 0 Å². The first-order valence-electron chi connectivity index (χ1n) is 10.8. The summed E-state index contributed by atoms with van der Waals surface area (Å²) < 4.78 is 53.6. The fourth-order valence-electron chi connectivity index (χ4n) is 3.66. The molecule has 0 spiro atoms. The lowest BCUT2D eigenvalue weighted by Crippen LogP contribution is -2.46. The molecule has 0 aliphatic carbocycles. The van der Waals surface area contributed by atoms with Crippen molar-refractivity contribution in [2.24, 2.45) is 0 Å². The molecule has 0 unspecified atom stereocenters. The maximum atomic E-state index is 13.5. The van der Waals surface area contributed by atoms with Crippen molar-refractivity contribution in [2.45, 2.75) is 23.8 Å². The van der Waals surface area contributed by atoms with Gasteiger partial charge in [0, 0.05) is 42.1 Å². The van der Waals surface area contributed by atoms with Gasteiger partial charge in [-0.05, 0) is 55.3 Å². The van der Waals surface area contributed by atoms with E-state index < -0.39 is 33.5 Å². The molecule has 1 fully saturated rings. The minimum absolute atomic E-state index is 0.135. The van der Waals surface area contributed by atoms with Crippen molar-refractivity contribution in [3.63, 3.8) is 0 Å². The van der Waals surface area contributed by atoms with Crippen LogP contribution in [0.15, 0.2) is 59.8 Å². The summed E-state index contributed by atoms with van der Waals surface area (Å²) in [6, 6.07) is 8.18. The summed E-state index contributed by atoms with van der Waals surface area (Å²) in [5, 5.41) is 5.59. The fraction of sp³-hybridized carbons (Fsp3) is 0.217. The van der Waals surface area contributed by atoms with Crippen LogP contribution in [0.25, 0.3) is 0 Å². The molecule has 1 aromatic heterocycles. The van der Waals surface area contributed by atoms with E-state index >= 15 is 0 Å². The van der Waals surface area contributed by atoms with Crippen molar-refractivity contribution in [1.82, 2.24) is 19.6 Å². The lowest BCUT2D eigenvalue weighted by molar-refractivity contribution is 0.0919. The minimum Gasteiger partial charge on any atom is -0.348 e. The Bertz CT molecular complexity index is 1400. The molecule has 9 nitrogen and oxygen atoms in total. The van der Waals surface area contributed by atoms with Crippen LogP contribution in [0.1, 0.15) is 33.7 Å². The molecule has 0 saturated carbocycles. The maximum absolute atomic E-state index is 13.5. The third-order valence-corrected chi connectivity index (χ3v) is 7.73. The highest BCUT2D eigenvalue weighted by Gasteiger charge is 2.30. The molecule has 3 aromatic rings. The van der Waals surface area contributed by atoms with Crippen molar-refractivity contribution >= 4 is 39.3 Å². The Morgan fingerprint density at radius 1 is 0.944 bits per heavy atom. The molecule has 0 radical (unpaired) electrons. The number of nitrogens with one attached hydrogen (secondary N) is 2. The van der Waals surface area contributed by atoms with Crippen LogP contribution in [-0.2, 0) is 10.0 Å². The molecule has 36 heavy (non-hydrogen) atoms. The van der Waals surface area contributed by atoms with E-state index in [0.29, 0.717) is 17.9 Å². The zero-order valence-corrected chi connectivity index (χ0v) is 20.2. The quantitative estimate of drug-likeness (QED) is 0.500. The highest BCUT2D eigenvalue weighted by molar-refractivity contribution is 7.89. The predicted octanol–water partition coefficient (Wildman–Crippen LogP) is 3.24. The molecular formula is C23H20ClF2N5O4S. The topological polar surface area (TPSA) is 121 Å². The van der Waals surface area contributed by atoms with E-state index in [9.17, 15) is 26.8 Å². The summed E-state index contributed by atoms with van der Waals surface area (Å²) in [4.78, 5) is 33.4. The average molecular weight is 536 g/mol. The summed E-state index contributed by atoms with van der Waals surface area (Å²) >= 11 is 5.84. The van der Waals surface area contributed by atoms with E-state index in [1.807, 2.05) is 0 Å². The Morgan fingerprint density at radius 2 is 1.61 bits per heavy atom. The number of hydrogen-bond donors (Lipinski definition) is 2. The summed E-state index contributed by atoms with van der Waals surface area (Å²) in [5.41, 5.74) is -0.343. The summed E-state index contributed by atoms with van der Waals surface area (Å²) in [5.74, 6) is -3.87. The summed E-state index contributed by atoms with van der Waals surface area (Å²) in [6.45, 7) is 0.381. The standard InChI is InChI=1S/C23H20ClF2N5O4S/c24-15-2-4-17(5-3-15)36(34,35)31-11-7-16(8-12-31)29-23(33)20-21(28-10-9-27-20)30-22(32)14-1-6-18(25)19(26)13-14/h1-6,9-10,13,16H,7-8,11-12H2,(H,29,33)(H,28,30,32). The molecule has 2 aromatic carbocycles. The van der Waals surface area contributed by atoms with Gasteiger partial charge in [0.25, 0.3) is 11.8 Å². The van der Waals surface area contributed by atoms with Gasteiger partial charge < -0.3 is 10.6 Å². The number of carbonyl (C=O) groups excluding carboxylic acids is 2. The molecule has 0 bridgehead atoms. The molecule has 2 N–H and O–H groups in total. The van der Waals surface area contributed by atoms with E-state index in [-0.39, 0.29) is 41.1 Å². The van der Waals surface area contributed by atoms with Gasteiger partial charge in [0.2, 0.25) is 10.0 Å². The Kier molecular flexibility index (Phi) is 7.57. The first kappa shape index (κ1) is 25.6. The number of sulfonamides is 1. The summed E-state index contributed by atoms with van der Waals surface area (Å²) in [7, 11) is -3.69. The lowest BCUT2D eigenvalue weighted by atomic mass is 10.1. The molecule has 188 valence electrons. The number of hydrogen-bond acceptors (Lipinski definition) is 6. The Morgan fingerprint density at radius 3 is 2.28 bits per heavy atom. The fourth-order valence-corrected chi connectivity index (χ4v) is 5.26. The van der Waals surface area contributed by atoms with Crippen molar-refractivity contribution in [2.75, 3.05) is 18.4 Å². The van der Waals surface area contributed by atoms with E-state index in [0.717, 1.165) is 18.2 Å². The van der Waals surface area contributed by atoms with Crippen molar-refractivity contribution in [1.29, 1.82) is 0 Å². The normalized spacial score (nSPS) is 14.9. The van der Waals surface area contributed by atoms with Crippen LogP contribution in [-0.4, -0.2) is 53.6 Å². The number of rotatable bonds is 6. The third kappa shape index (κ3) is 5.66. The first-order valence-corrected chi connectivity index (χ1v) is 12.6. The molecule has 0 atom stereocenters. The molecule has 13 heteroatoms. The molecule has 1 saturated heterocycles. The number of carbonyl (C=O) groups is 2. The van der Waals surface area contributed by atoms with Crippen LogP contribution in [0.5, 0.6) is 0 Å². The van der Waals surface area contributed by atoms with Gasteiger partial charge in [-0.15, -0.1) is 0 Å². The van der Waals surface area contributed by atoms with Crippen LogP contribution in [0.3, 0.4) is 0 Å². The number of piperidine rings is 1. The first-order chi connectivity index (χ1) is 17.1. The largest absolute Gasteiger partial charge is 0.348 e. The summed E-state index contributed by atoms with van der Waals surface area (Å²) in [6.07, 6.45) is 3.24. The molecule has 4 rings (SSSR count). The van der Waals surface area contributed by atoms with Crippen molar-refractivity contribution < 1.29 is 26.8 Å². The van der Waals surface area contributed by atoms with Crippen molar-refractivity contribution in [3.8, 4) is 0 Å². The second kappa shape index (κ2) is 10.6. The second-order valence-electron chi connectivity index (χ2n) is 7.94. The molecule has 1 aliphatic rings. The number of halogens is 3. The number of benzene rings is 2. The van der Waals surface area contributed by atoms with Crippen molar-refractivity contribution in [3.05, 3.63) is 82.8 Å². The van der Waals surface area contributed by atoms with Crippen LogP contribution >= 0.6 is 11.6 Å². The monoisotopic (exact) mass is 535 g/mol. The van der Waals surface area contributed by atoms with Crippen LogP contribution < -0.4 is 10.6 Å². The minimum atomic E-state index is -3.69. The maximum Gasteiger partial charge on any atom is 0.273 e. The smallest absolute Gasteiger partial charge is 0.273 e. The van der Waals surface area contributed by atoms with Crippen LogP contribution in [0.4, 0.5) is 14.6 Å². The van der Waals surface area contributed by atoms with E-state index in [1.165, 1.54) is 41.0 Å². The zero-order valence-electron chi connectivity index (χ0n) is 18.6. The van der Waals surface area contributed by atoms with Gasteiger partial charge in [-0.2, -0.15) is 4.31 Å². The van der Waals surface area contributed by atoms with Gasteiger partial charge in [0.15, 0.2) is 23.1 Å². The van der Waals surface area contributed by atoms with Gasteiger partial charge in [-0.3, -0.25) is 9.59 Å². The van der Waals surface area contributed by atoms with E-state index in [2.05, 4.69) is 20.6 Å². The molecule has 1 aliphatic heterocycles. The number of amides is 2. The molecule has 2 amide bonds. The van der Waals surface area contributed by atoms with E-state index in [4.69, 9.17) is 11.6 Å². The van der Waals surface area contributed by atoms with Gasteiger partial charge >= 0.3 is 0 Å². The van der Waals surface area contributed by atoms with Gasteiger partial charge in [0.1, 0.15) is 0 Å². The van der Waals surface area contributed by atoms with Gasteiger partial charge in [-0.25, -0.2) is 27.2 Å². The second-order valence-corrected chi connectivity index (χ2v) is 10.3. The number of aromatic nitrogens is 2. The predicted molar refractivity (Wildman–Crippen MR) is 127 cm³/mol. The zero-order chi connectivity index (χ0) is 25.9. The van der Waals surface area contributed by atoms with Gasteiger partial charge in [0.05, 0.1) is 4.90 Å². The van der Waals surface area contributed by atoms with Crippen LogP contribution in [0.2, 0.25) is 5.02 Å². The average Bonchev–Trinajstić information content (AvgIpc) is 2.86. The molecular weight excluding hydrogens is 516 g/mol. The number of anilines is 1. The molecule has 2 heterocycles. The Labute approximate surface area is 210 Å². The Balaban J connectivity index is 1.39. The van der Waals surface area contributed by atoms with Crippen LogP contribution in [0, 0.1) is 11.6 Å².